The summed E-state index contributed by atoms with van der Waals surface area (Å²) in [4.78, 5) is 24.1. The van der Waals surface area contributed by atoms with Crippen LogP contribution in [-0.2, 0) is 15.0 Å². The standard InChI is InChI=1S/C19H22FNO3/c1-19(2,13-5-3-4-6-14(13)20)10-21-17(22)15-11-7-8-12(9-11)16(15)18(23)24/h3-8,11-12,15-16H,9-10H2,1-2H3,(H,21,22)(H,23,24). The number of carboxylic acids is 1. The van der Waals surface area contributed by atoms with E-state index in [1.54, 1.807) is 18.2 Å². The topological polar surface area (TPSA) is 66.4 Å². The lowest BCUT2D eigenvalue weighted by Crippen LogP contribution is -2.44. The number of benzene rings is 1. The molecule has 4 unspecified atom stereocenters. The number of rotatable bonds is 5. The lowest BCUT2D eigenvalue weighted by atomic mass is 9.81. The van der Waals surface area contributed by atoms with Crippen molar-refractivity contribution in [3.05, 3.63) is 47.8 Å². The van der Waals surface area contributed by atoms with Gasteiger partial charge in [-0.3, -0.25) is 9.59 Å². The van der Waals surface area contributed by atoms with Crippen LogP contribution in [0.15, 0.2) is 36.4 Å². The summed E-state index contributed by atoms with van der Waals surface area (Å²) in [5.41, 5.74) is -0.0411. The van der Waals surface area contributed by atoms with Gasteiger partial charge < -0.3 is 10.4 Å². The molecule has 5 heteroatoms. The van der Waals surface area contributed by atoms with Gasteiger partial charge in [0.15, 0.2) is 0 Å². The average molecular weight is 331 g/mol. The highest BCUT2D eigenvalue weighted by Gasteiger charge is 2.51. The molecular formula is C19H22FNO3. The molecule has 1 saturated carbocycles. The van der Waals surface area contributed by atoms with E-state index in [0.29, 0.717) is 5.56 Å². The molecule has 2 bridgehead atoms. The second-order valence-electron chi connectivity index (χ2n) is 7.42. The Labute approximate surface area is 140 Å². The third-order valence-corrected chi connectivity index (χ3v) is 5.35. The highest BCUT2D eigenvalue weighted by molar-refractivity contribution is 5.86. The molecule has 1 aromatic rings. The normalized spacial score (nSPS) is 28.1. The molecule has 2 aliphatic rings. The average Bonchev–Trinajstić information content (AvgIpc) is 3.13. The SMILES string of the molecule is CC(C)(CNC(=O)C1C2C=CC(C2)C1C(=O)O)c1ccccc1F. The summed E-state index contributed by atoms with van der Waals surface area (Å²) in [6.07, 6.45) is 4.60. The van der Waals surface area contributed by atoms with Gasteiger partial charge in [0.25, 0.3) is 0 Å². The number of nitrogens with one attached hydrogen (secondary N) is 1. The van der Waals surface area contributed by atoms with Crippen molar-refractivity contribution in [1.29, 1.82) is 0 Å². The zero-order valence-corrected chi connectivity index (χ0v) is 13.8. The fourth-order valence-electron chi connectivity index (χ4n) is 4.05. The van der Waals surface area contributed by atoms with Crippen LogP contribution in [0.5, 0.6) is 0 Å². The molecule has 128 valence electrons. The van der Waals surface area contributed by atoms with E-state index in [4.69, 9.17) is 0 Å². The van der Waals surface area contributed by atoms with E-state index in [9.17, 15) is 19.1 Å². The summed E-state index contributed by atoms with van der Waals surface area (Å²) < 4.78 is 14.0. The number of hydrogen-bond donors (Lipinski definition) is 2. The summed E-state index contributed by atoms with van der Waals surface area (Å²) in [6, 6.07) is 6.51. The van der Waals surface area contributed by atoms with Crippen molar-refractivity contribution in [2.75, 3.05) is 6.54 Å². The Kier molecular flexibility index (Phi) is 4.20. The number of allylic oxidation sites excluding steroid dienone is 2. The predicted octanol–water partition coefficient (Wildman–Crippen LogP) is 2.74. The van der Waals surface area contributed by atoms with Gasteiger partial charge >= 0.3 is 5.97 Å². The lowest BCUT2D eigenvalue weighted by Gasteiger charge is -2.29. The Balaban J connectivity index is 1.70. The molecule has 4 nitrogen and oxygen atoms in total. The van der Waals surface area contributed by atoms with Crippen LogP contribution < -0.4 is 5.32 Å². The summed E-state index contributed by atoms with van der Waals surface area (Å²) in [5, 5.41) is 12.3. The lowest BCUT2D eigenvalue weighted by molar-refractivity contribution is -0.147. The molecule has 4 atom stereocenters. The van der Waals surface area contributed by atoms with E-state index in [1.807, 2.05) is 26.0 Å². The summed E-state index contributed by atoms with van der Waals surface area (Å²) in [6.45, 7) is 3.98. The van der Waals surface area contributed by atoms with Crippen molar-refractivity contribution >= 4 is 11.9 Å². The van der Waals surface area contributed by atoms with Crippen molar-refractivity contribution in [3.8, 4) is 0 Å². The largest absolute Gasteiger partial charge is 0.481 e. The molecule has 2 N–H and O–H groups in total. The van der Waals surface area contributed by atoms with E-state index in [0.717, 1.165) is 6.42 Å². The highest BCUT2D eigenvalue weighted by atomic mass is 19.1. The van der Waals surface area contributed by atoms with Crippen LogP contribution in [0.1, 0.15) is 25.8 Å². The number of carbonyl (C=O) groups excluding carboxylic acids is 1. The van der Waals surface area contributed by atoms with Crippen molar-refractivity contribution in [1.82, 2.24) is 5.32 Å². The molecule has 0 heterocycles. The fraction of sp³-hybridized carbons (Fsp3) is 0.474. The van der Waals surface area contributed by atoms with Gasteiger partial charge in [0.1, 0.15) is 5.82 Å². The first-order valence-corrected chi connectivity index (χ1v) is 8.25. The molecule has 1 aromatic carbocycles. The zero-order valence-electron chi connectivity index (χ0n) is 13.8. The minimum absolute atomic E-state index is 0.00678. The van der Waals surface area contributed by atoms with Gasteiger partial charge in [-0.05, 0) is 29.9 Å². The van der Waals surface area contributed by atoms with E-state index in [1.165, 1.54) is 6.07 Å². The van der Waals surface area contributed by atoms with Crippen LogP contribution in [0.3, 0.4) is 0 Å². The summed E-state index contributed by atoms with van der Waals surface area (Å²) in [7, 11) is 0. The number of carboxylic acid groups (broad SMARTS) is 1. The maximum Gasteiger partial charge on any atom is 0.307 e. The smallest absolute Gasteiger partial charge is 0.307 e. The van der Waals surface area contributed by atoms with Gasteiger partial charge in [-0.1, -0.05) is 44.2 Å². The molecule has 1 amide bonds. The van der Waals surface area contributed by atoms with Crippen molar-refractivity contribution < 1.29 is 19.1 Å². The van der Waals surface area contributed by atoms with Crippen molar-refractivity contribution in [2.45, 2.75) is 25.7 Å². The maximum absolute atomic E-state index is 14.0. The van der Waals surface area contributed by atoms with E-state index in [-0.39, 0.29) is 30.1 Å². The molecule has 0 aliphatic heterocycles. The quantitative estimate of drug-likeness (QED) is 0.815. The molecule has 0 saturated heterocycles. The predicted molar refractivity (Wildman–Crippen MR) is 87.8 cm³/mol. The van der Waals surface area contributed by atoms with Crippen LogP contribution in [0, 0.1) is 29.5 Å². The van der Waals surface area contributed by atoms with Crippen LogP contribution in [0.4, 0.5) is 4.39 Å². The molecule has 0 radical (unpaired) electrons. The number of aliphatic carboxylic acids is 1. The van der Waals surface area contributed by atoms with Gasteiger partial charge in [-0.25, -0.2) is 4.39 Å². The van der Waals surface area contributed by atoms with E-state index in [2.05, 4.69) is 5.32 Å². The highest BCUT2D eigenvalue weighted by Crippen LogP contribution is 2.48. The summed E-state index contributed by atoms with van der Waals surface area (Å²) in [5.74, 6) is -2.71. The third kappa shape index (κ3) is 2.83. The van der Waals surface area contributed by atoms with Crippen LogP contribution in [0.2, 0.25) is 0 Å². The molecule has 0 spiro atoms. The second kappa shape index (κ2) is 6.04. The second-order valence-corrected chi connectivity index (χ2v) is 7.42. The monoisotopic (exact) mass is 331 g/mol. The Bertz CT molecular complexity index is 698. The Morgan fingerprint density at radius 3 is 2.46 bits per heavy atom. The first kappa shape index (κ1) is 16.7. The van der Waals surface area contributed by atoms with Crippen LogP contribution in [0.25, 0.3) is 0 Å². The van der Waals surface area contributed by atoms with Crippen molar-refractivity contribution in [3.63, 3.8) is 0 Å². The maximum atomic E-state index is 14.0. The Morgan fingerprint density at radius 2 is 1.83 bits per heavy atom. The molecule has 24 heavy (non-hydrogen) atoms. The van der Waals surface area contributed by atoms with Gasteiger partial charge in [0, 0.05) is 12.0 Å². The molecule has 1 fully saturated rings. The van der Waals surface area contributed by atoms with Gasteiger partial charge in [-0.2, -0.15) is 0 Å². The third-order valence-electron chi connectivity index (χ3n) is 5.35. The van der Waals surface area contributed by atoms with E-state index < -0.39 is 23.2 Å². The molecular weight excluding hydrogens is 309 g/mol. The number of amides is 1. The van der Waals surface area contributed by atoms with Crippen LogP contribution >= 0.6 is 0 Å². The zero-order chi connectivity index (χ0) is 17.5. The van der Waals surface area contributed by atoms with Crippen molar-refractivity contribution in [2.24, 2.45) is 23.7 Å². The number of carbonyl (C=O) groups is 2. The van der Waals surface area contributed by atoms with Gasteiger partial charge in [0.2, 0.25) is 5.91 Å². The van der Waals surface area contributed by atoms with E-state index >= 15 is 0 Å². The summed E-state index contributed by atoms with van der Waals surface area (Å²) >= 11 is 0. The minimum atomic E-state index is -0.916. The molecule has 3 rings (SSSR count). The minimum Gasteiger partial charge on any atom is -0.481 e. The Hall–Kier alpha value is -2.17. The number of hydrogen-bond acceptors (Lipinski definition) is 2. The molecule has 2 aliphatic carbocycles. The first-order valence-electron chi connectivity index (χ1n) is 8.25. The fourth-order valence-corrected chi connectivity index (χ4v) is 4.05. The van der Waals surface area contributed by atoms with Gasteiger partial charge in [-0.15, -0.1) is 0 Å². The van der Waals surface area contributed by atoms with Gasteiger partial charge in [0.05, 0.1) is 11.8 Å². The number of fused-ring (bicyclic) bond motifs is 2. The number of halogens is 1. The molecule has 0 aromatic heterocycles. The van der Waals surface area contributed by atoms with Crippen LogP contribution in [-0.4, -0.2) is 23.5 Å². The Morgan fingerprint density at radius 1 is 1.21 bits per heavy atom. The first-order chi connectivity index (χ1) is 11.3.